The quantitative estimate of drug-likeness (QED) is 0.290. The minimum Gasteiger partial charge on any atom is -0.382 e. The molecule has 0 aromatic rings. The molecule has 138 valence electrons. The topological polar surface area (TPSA) is 89.0 Å². The second-order valence-corrected chi connectivity index (χ2v) is 7.80. The lowest BCUT2D eigenvalue weighted by Crippen LogP contribution is -2.42. The van der Waals surface area contributed by atoms with Gasteiger partial charge in [-0.05, 0) is 33.1 Å². The van der Waals surface area contributed by atoms with E-state index in [0.29, 0.717) is 32.8 Å². The number of guanidine groups is 1. The Balaban J connectivity index is 3.98. The maximum Gasteiger partial charge on any atom is 0.191 e. The van der Waals surface area contributed by atoms with Crippen molar-refractivity contribution in [3.8, 4) is 0 Å². The zero-order valence-electron chi connectivity index (χ0n) is 14.9. The molecule has 0 saturated carbocycles. The summed E-state index contributed by atoms with van der Waals surface area (Å²) in [6.07, 6.45) is 3.72. The van der Waals surface area contributed by atoms with E-state index in [-0.39, 0.29) is 11.8 Å². The first kappa shape index (κ1) is 22.1. The van der Waals surface area contributed by atoms with E-state index in [2.05, 4.69) is 15.6 Å². The molecule has 0 amide bonds. The van der Waals surface area contributed by atoms with Gasteiger partial charge in [0.15, 0.2) is 5.96 Å². The van der Waals surface area contributed by atoms with Crippen LogP contribution in [0.1, 0.15) is 33.1 Å². The molecule has 1 unspecified atom stereocenters. The predicted octanol–water partition coefficient (Wildman–Crippen LogP) is 0.808. The van der Waals surface area contributed by atoms with Crippen LogP contribution in [-0.4, -0.2) is 72.4 Å². The summed E-state index contributed by atoms with van der Waals surface area (Å²) in [6.45, 7) is 7.41. The van der Waals surface area contributed by atoms with Gasteiger partial charge in [0.1, 0.15) is 9.84 Å². The van der Waals surface area contributed by atoms with Crippen LogP contribution in [0.2, 0.25) is 0 Å². The molecule has 2 N–H and O–H groups in total. The summed E-state index contributed by atoms with van der Waals surface area (Å²) in [6, 6.07) is 0.0555. The van der Waals surface area contributed by atoms with E-state index >= 15 is 0 Å². The molecule has 1 atom stereocenters. The van der Waals surface area contributed by atoms with Crippen LogP contribution in [0.4, 0.5) is 0 Å². The van der Waals surface area contributed by atoms with Crippen LogP contribution in [-0.2, 0) is 19.3 Å². The first-order valence-corrected chi connectivity index (χ1v) is 10.2. The Labute approximate surface area is 141 Å². The van der Waals surface area contributed by atoms with E-state index in [9.17, 15) is 8.42 Å². The van der Waals surface area contributed by atoms with Gasteiger partial charge in [0.05, 0.1) is 19.0 Å². The third-order valence-electron chi connectivity index (χ3n) is 3.05. The van der Waals surface area contributed by atoms with Crippen molar-refractivity contribution >= 4 is 15.8 Å². The Hall–Kier alpha value is -0.860. The monoisotopic (exact) mass is 351 g/mol. The Morgan fingerprint density at radius 3 is 2.57 bits per heavy atom. The number of hydrogen-bond donors (Lipinski definition) is 2. The van der Waals surface area contributed by atoms with Crippen molar-refractivity contribution in [1.29, 1.82) is 0 Å². The first-order valence-electron chi connectivity index (χ1n) is 8.18. The molecule has 0 rings (SSSR count). The second kappa shape index (κ2) is 13.6. The van der Waals surface area contributed by atoms with Gasteiger partial charge >= 0.3 is 0 Å². The van der Waals surface area contributed by atoms with Crippen LogP contribution in [0, 0.1) is 0 Å². The predicted molar refractivity (Wildman–Crippen MR) is 94.8 cm³/mol. The minimum absolute atomic E-state index is 0.0555. The smallest absolute Gasteiger partial charge is 0.191 e. The number of hydrogen-bond acceptors (Lipinski definition) is 5. The average Bonchev–Trinajstić information content (AvgIpc) is 2.47. The van der Waals surface area contributed by atoms with E-state index in [1.807, 2.05) is 13.8 Å². The van der Waals surface area contributed by atoms with Gasteiger partial charge in [0.2, 0.25) is 0 Å². The number of methoxy groups -OCH3 is 1. The highest BCUT2D eigenvalue weighted by Crippen LogP contribution is 1.96. The molecule has 0 saturated heterocycles. The largest absolute Gasteiger partial charge is 0.382 e. The van der Waals surface area contributed by atoms with Crippen molar-refractivity contribution in [3.05, 3.63) is 0 Å². The fraction of sp³-hybridized carbons (Fsp3) is 0.933. The van der Waals surface area contributed by atoms with Gasteiger partial charge in [0.25, 0.3) is 0 Å². The van der Waals surface area contributed by atoms with E-state index in [4.69, 9.17) is 9.47 Å². The van der Waals surface area contributed by atoms with Crippen molar-refractivity contribution < 1.29 is 17.9 Å². The van der Waals surface area contributed by atoms with Crippen molar-refractivity contribution in [2.75, 3.05) is 52.0 Å². The lowest BCUT2D eigenvalue weighted by atomic mass is 10.3. The Morgan fingerprint density at radius 2 is 1.96 bits per heavy atom. The van der Waals surface area contributed by atoms with Gasteiger partial charge in [-0.1, -0.05) is 0 Å². The van der Waals surface area contributed by atoms with Crippen molar-refractivity contribution in [1.82, 2.24) is 10.6 Å². The van der Waals surface area contributed by atoms with Crippen LogP contribution < -0.4 is 10.6 Å². The lowest BCUT2D eigenvalue weighted by molar-refractivity contribution is 0.0690. The summed E-state index contributed by atoms with van der Waals surface area (Å²) in [7, 11) is -1.27. The highest BCUT2D eigenvalue weighted by Gasteiger charge is 2.09. The zero-order valence-corrected chi connectivity index (χ0v) is 15.7. The number of ether oxygens (including phenoxy) is 2. The zero-order chi connectivity index (χ0) is 17.6. The van der Waals surface area contributed by atoms with Gasteiger partial charge in [-0.15, -0.1) is 0 Å². The van der Waals surface area contributed by atoms with Crippen LogP contribution in [0.25, 0.3) is 0 Å². The normalized spacial score (nSPS) is 13.8. The number of nitrogens with one attached hydrogen (secondary N) is 2. The number of nitrogens with zero attached hydrogens (tertiary/aromatic N) is 1. The van der Waals surface area contributed by atoms with Gasteiger partial charge in [-0.3, -0.25) is 4.99 Å². The summed E-state index contributed by atoms with van der Waals surface area (Å²) in [5, 5.41) is 6.41. The molecular weight excluding hydrogens is 318 g/mol. The van der Waals surface area contributed by atoms with Crippen molar-refractivity contribution in [3.63, 3.8) is 0 Å². The third-order valence-corrected chi connectivity index (χ3v) is 4.02. The molecule has 0 heterocycles. The molecule has 23 heavy (non-hydrogen) atoms. The van der Waals surface area contributed by atoms with Crippen LogP contribution in [0.3, 0.4) is 0 Å². The van der Waals surface area contributed by atoms with Gasteiger partial charge < -0.3 is 20.1 Å². The standard InChI is InChI=1S/C15H33N3O4S/c1-5-16-15(18-14(2)8-13-23(4,19)20)17-9-6-7-10-22-12-11-21-3/h14H,5-13H2,1-4H3,(H2,16,17,18). The maximum absolute atomic E-state index is 11.2. The molecule has 0 aliphatic heterocycles. The molecule has 0 spiro atoms. The molecule has 0 aliphatic carbocycles. The number of unbranched alkanes of at least 4 members (excludes halogenated alkanes) is 1. The fourth-order valence-electron chi connectivity index (χ4n) is 1.77. The molecule has 7 nitrogen and oxygen atoms in total. The second-order valence-electron chi connectivity index (χ2n) is 5.54. The SMILES string of the molecule is CCNC(=NCCCCOCCOC)NC(C)CCS(C)(=O)=O. The summed E-state index contributed by atoms with van der Waals surface area (Å²) in [5.41, 5.74) is 0. The molecule has 0 aliphatic rings. The van der Waals surface area contributed by atoms with Crippen LogP contribution in [0.15, 0.2) is 4.99 Å². The molecular formula is C15H33N3O4S. The summed E-state index contributed by atoms with van der Waals surface area (Å²) >= 11 is 0. The van der Waals surface area contributed by atoms with Crippen LogP contribution in [0.5, 0.6) is 0 Å². The highest BCUT2D eigenvalue weighted by molar-refractivity contribution is 7.90. The molecule has 0 radical (unpaired) electrons. The van der Waals surface area contributed by atoms with Crippen LogP contribution >= 0.6 is 0 Å². The lowest BCUT2D eigenvalue weighted by Gasteiger charge is -2.17. The van der Waals surface area contributed by atoms with E-state index in [1.54, 1.807) is 7.11 Å². The van der Waals surface area contributed by atoms with E-state index in [1.165, 1.54) is 6.26 Å². The Bertz CT molecular complexity index is 413. The fourth-order valence-corrected chi connectivity index (χ4v) is 2.55. The summed E-state index contributed by atoms with van der Waals surface area (Å²) in [5.74, 6) is 0.910. The molecule has 0 aromatic carbocycles. The molecule has 0 bridgehead atoms. The van der Waals surface area contributed by atoms with Gasteiger partial charge in [-0.25, -0.2) is 8.42 Å². The van der Waals surface area contributed by atoms with Crippen molar-refractivity contribution in [2.24, 2.45) is 4.99 Å². The highest BCUT2D eigenvalue weighted by atomic mass is 32.2. The number of sulfone groups is 1. The first-order chi connectivity index (χ1) is 10.9. The minimum atomic E-state index is -2.92. The number of aliphatic imine (C=N–C) groups is 1. The summed E-state index contributed by atoms with van der Waals surface area (Å²) < 4.78 is 32.7. The Morgan fingerprint density at radius 1 is 1.22 bits per heavy atom. The maximum atomic E-state index is 11.2. The van der Waals surface area contributed by atoms with Gasteiger partial charge in [0, 0.05) is 39.1 Å². The third kappa shape index (κ3) is 15.8. The van der Waals surface area contributed by atoms with E-state index < -0.39 is 9.84 Å². The molecule has 0 fully saturated rings. The van der Waals surface area contributed by atoms with E-state index in [0.717, 1.165) is 25.3 Å². The van der Waals surface area contributed by atoms with Crippen molar-refractivity contribution in [2.45, 2.75) is 39.2 Å². The molecule has 0 aromatic heterocycles. The Kier molecular flexibility index (Phi) is 13.1. The average molecular weight is 352 g/mol. The number of rotatable bonds is 13. The van der Waals surface area contributed by atoms with Gasteiger partial charge in [-0.2, -0.15) is 0 Å². The molecule has 8 heteroatoms. The summed E-state index contributed by atoms with van der Waals surface area (Å²) in [4.78, 5) is 4.50.